The van der Waals surface area contributed by atoms with Gasteiger partial charge in [0.25, 0.3) is 0 Å². The first kappa shape index (κ1) is 16.4. The maximum Gasteiger partial charge on any atom is 0.225 e. The van der Waals surface area contributed by atoms with Crippen LogP contribution in [0.4, 0.5) is 0 Å². The molecule has 0 unspecified atom stereocenters. The molecule has 0 aromatic carbocycles. The summed E-state index contributed by atoms with van der Waals surface area (Å²) in [6, 6.07) is 0.282. The van der Waals surface area contributed by atoms with Crippen molar-refractivity contribution in [1.29, 1.82) is 0 Å². The Hall–Kier alpha value is -0.650. The van der Waals surface area contributed by atoms with E-state index in [4.69, 9.17) is 15.2 Å². The van der Waals surface area contributed by atoms with Gasteiger partial charge in [-0.25, -0.2) is 0 Å². The highest BCUT2D eigenvalue weighted by molar-refractivity contribution is 5.79. The smallest absolute Gasteiger partial charge is 0.225 e. The Morgan fingerprint density at radius 1 is 1.11 bits per heavy atom. The summed E-state index contributed by atoms with van der Waals surface area (Å²) in [4.78, 5) is 14.4. The molecular weight excluding hydrogens is 244 g/mol. The lowest BCUT2D eigenvalue weighted by Gasteiger charge is -2.31. The van der Waals surface area contributed by atoms with E-state index in [1.807, 2.05) is 4.90 Å². The van der Waals surface area contributed by atoms with Crippen molar-refractivity contribution in [3.8, 4) is 0 Å². The Morgan fingerprint density at radius 2 is 1.74 bits per heavy atom. The van der Waals surface area contributed by atoms with Crippen LogP contribution in [0.3, 0.4) is 0 Å². The number of rotatable bonds is 8. The van der Waals surface area contributed by atoms with E-state index in [1.165, 1.54) is 0 Å². The second kappa shape index (κ2) is 9.28. The Morgan fingerprint density at radius 3 is 2.32 bits per heavy atom. The first-order valence-corrected chi connectivity index (χ1v) is 7.21. The molecule has 1 saturated carbocycles. The monoisotopic (exact) mass is 272 g/mol. The Balaban J connectivity index is 2.44. The summed E-state index contributed by atoms with van der Waals surface area (Å²) in [5.41, 5.74) is 5.89. The third kappa shape index (κ3) is 5.89. The lowest BCUT2D eigenvalue weighted by atomic mass is 9.85. The zero-order valence-corrected chi connectivity index (χ0v) is 12.3. The maximum absolute atomic E-state index is 12.5. The molecule has 1 amide bonds. The van der Waals surface area contributed by atoms with Gasteiger partial charge in [-0.2, -0.15) is 0 Å². The Kier molecular flexibility index (Phi) is 8.02. The van der Waals surface area contributed by atoms with Gasteiger partial charge in [0.2, 0.25) is 5.91 Å². The molecule has 0 atom stereocenters. The number of hydrogen-bond acceptors (Lipinski definition) is 4. The van der Waals surface area contributed by atoms with Crippen molar-refractivity contribution in [3.05, 3.63) is 0 Å². The van der Waals surface area contributed by atoms with Crippen LogP contribution in [-0.2, 0) is 14.3 Å². The van der Waals surface area contributed by atoms with E-state index in [0.717, 1.165) is 38.6 Å². The van der Waals surface area contributed by atoms with Gasteiger partial charge in [0.15, 0.2) is 0 Å². The van der Waals surface area contributed by atoms with Crippen molar-refractivity contribution < 1.29 is 14.3 Å². The molecule has 0 aromatic heterocycles. The first-order chi connectivity index (χ1) is 9.19. The molecule has 1 aliphatic carbocycles. The fraction of sp³-hybridized carbons (Fsp3) is 0.929. The molecule has 5 nitrogen and oxygen atoms in total. The van der Waals surface area contributed by atoms with E-state index in [-0.39, 0.29) is 17.9 Å². The molecule has 0 aromatic rings. The minimum absolute atomic E-state index is 0.152. The molecule has 2 N–H and O–H groups in total. The summed E-state index contributed by atoms with van der Waals surface area (Å²) in [5, 5.41) is 0. The number of ether oxygens (including phenoxy) is 2. The van der Waals surface area contributed by atoms with Crippen LogP contribution >= 0.6 is 0 Å². The van der Waals surface area contributed by atoms with E-state index >= 15 is 0 Å². The highest BCUT2D eigenvalue weighted by Gasteiger charge is 2.27. The van der Waals surface area contributed by atoms with Crippen LogP contribution in [0.5, 0.6) is 0 Å². The lowest BCUT2D eigenvalue weighted by Crippen LogP contribution is -2.41. The number of hydrogen-bond donors (Lipinski definition) is 1. The molecule has 1 rings (SSSR count). The standard InChI is InChI=1S/C14H28N2O3/c1-18-10-3-8-16(9-11-19-2)14(17)12-4-6-13(15)7-5-12/h12-13H,3-11,15H2,1-2H3. The molecule has 1 fully saturated rings. The molecule has 112 valence electrons. The van der Waals surface area contributed by atoms with Gasteiger partial charge >= 0.3 is 0 Å². The van der Waals surface area contributed by atoms with E-state index < -0.39 is 0 Å². The predicted octanol–water partition coefficient (Wildman–Crippen LogP) is 1.02. The Labute approximate surface area is 116 Å². The zero-order chi connectivity index (χ0) is 14.1. The van der Waals surface area contributed by atoms with Crippen molar-refractivity contribution in [1.82, 2.24) is 4.90 Å². The van der Waals surface area contributed by atoms with E-state index in [9.17, 15) is 4.79 Å². The topological polar surface area (TPSA) is 64.8 Å². The summed E-state index contributed by atoms with van der Waals surface area (Å²) in [5.74, 6) is 0.416. The van der Waals surface area contributed by atoms with Gasteiger partial charge in [-0.05, 0) is 32.1 Å². The van der Waals surface area contributed by atoms with Crippen LogP contribution in [0.15, 0.2) is 0 Å². The molecular formula is C14H28N2O3. The quantitative estimate of drug-likeness (QED) is 0.670. The molecule has 0 bridgehead atoms. The normalized spacial score (nSPS) is 23.3. The van der Waals surface area contributed by atoms with E-state index in [1.54, 1.807) is 14.2 Å². The highest BCUT2D eigenvalue weighted by atomic mass is 16.5. The van der Waals surface area contributed by atoms with Crippen molar-refractivity contribution >= 4 is 5.91 Å². The number of amides is 1. The van der Waals surface area contributed by atoms with Gasteiger partial charge in [0, 0.05) is 45.9 Å². The van der Waals surface area contributed by atoms with Gasteiger partial charge in [0.05, 0.1) is 6.61 Å². The third-order valence-electron chi connectivity index (χ3n) is 3.77. The van der Waals surface area contributed by atoms with Crippen molar-refractivity contribution in [2.24, 2.45) is 11.7 Å². The van der Waals surface area contributed by atoms with Crippen LogP contribution in [0.2, 0.25) is 0 Å². The number of methoxy groups -OCH3 is 2. The number of nitrogens with two attached hydrogens (primary N) is 1. The van der Waals surface area contributed by atoms with E-state index in [0.29, 0.717) is 19.8 Å². The first-order valence-electron chi connectivity index (χ1n) is 7.21. The summed E-state index contributed by atoms with van der Waals surface area (Å²) in [6.45, 7) is 2.69. The minimum atomic E-state index is 0.152. The highest BCUT2D eigenvalue weighted by Crippen LogP contribution is 2.25. The number of nitrogens with zero attached hydrogens (tertiary/aromatic N) is 1. The average Bonchev–Trinajstić information content (AvgIpc) is 2.43. The number of carbonyl (C=O) groups excluding carboxylic acids is 1. The van der Waals surface area contributed by atoms with Crippen LogP contribution in [0.25, 0.3) is 0 Å². The summed E-state index contributed by atoms with van der Waals surface area (Å²) in [7, 11) is 3.35. The van der Waals surface area contributed by atoms with Crippen LogP contribution in [0.1, 0.15) is 32.1 Å². The molecule has 0 heterocycles. The summed E-state index contributed by atoms with van der Waals surface area (Å²) in [6.07, 6.45) is 4.65. The van der Waals surface area contributed by atoms with Crippen molar-refractivity contribution in [2.45, 2.75) is 38.1 Å². The molecule has 0 spiro atoms. The molecule has 1 aliphatic rings. The Bertz CT molecular complexity index is 253. The van der Waals surface area contributed by atoms with Gasteiger partial charge in [-0.1, -0.05) is 0 Å². The second-order valence-electron chi connectivity index (χ2n) is 5.28. The SMILES string of the molecule is COCCCN(CCOC)C(=O)C1CCC(N)CC1. The zero-order valence-electron chi connectivity index (χ0n) is 12.3. The maximum atomic E-state index is 12.5. The summed E-state index contributed by atoms with van der Waals surface area (Å²) >= 11 is 0. The fourth-order valence-electron chi connectivity index (χ4n) is 2.56. The van der Waals surface area contributed by atoms with Gasteiger partial charge < -0.3 is 20.1 Å². The van der Waals surface area contributed by atoms with Gasteiger partial charge in [-0.15, -0.1) is 0 Å². The minimum Gasteiger partial charge on any atom is -0.385 e. The lowest BCUT2D eigenvalue weighted by molar-refractivity contribution is -0.137. The molecule has 19 heavy (non-hydrogen) atoms. The van der Waals surface area contributed by atoms with Gasteiger partial charge in [0.1, 0.15) is 0 Å². The van der Waals surface area contributed by atoms with Crippen molar-refractivity contribution in [3.63, 3.8) is 0 Å². The average molecular weight is 272 g/mol. The van der Waals surface area contributed by atoms with Crippen LogP contribution in [0, 0.1) is 5.92 Å². The van der Waals surface area contributed by atoms with Gasteiger partial charge in [-0.3, -0.25) is 4.79 Å². The molecule has 0 saturated heterocycles. The van der Waals surface area contributed by atoms with Crippen molar-refractivity contribution in [2.75, 3.05) is 40.5 Å². The molecule has 0 aliphatic heterocycles. The third-order valence-corrected chi connectivity index (χ3v) is 3.77. The van der Waals surface area contributed by atoms with Crippen LogP contribution in [-0.4, -0.2) is 57.4 Å². The largest absolute Gasteiger partial charge is 0.385 e. The second-order valence-corrected chi connectivity index (χ2v) is 5.28. The number of carbonyl (C=O) groups is 1. The van der Waals surface area contributed by atoms with Crippen LogP contribution < -0.4 is 5.73 Å². The molecule has 5 heteroatoms. The van der Waals surface area contributed by atoms with E-state index in [2.05, 4.69) is 0 Å². The predicted molar refractivity (Wildman–Crippen MR) is 74.9 cm³/mol. The fourth-order valence-corrected chi connectivity index (χ4v) is 2.56. The molecule has 0 radical (unpaired) electrons. The summed E-state index contributed by atoms with van der Waals surface area (Å²) < 4.78 is 10.1.